The van der Waals surface area contributed by atoms with Gasteiger partial charge in [-0.05, 0) is 60.6 Å². The van der Waals surface area contributed by atoms with E-state index >= 15 is 0 Å². The van der Waals surface area contributed by atoms with Crippen molar-refractivity contribution in [3.63, 3.8) is 0 Å². The highest BCUT2D eigenvalue weighted by atomic mass is 79.9. The van der Waals surface area contributed by atoms with Crippen molar-refractivity contribution in [2.45, 2.75) is 12.1 Å². The minimum absolute atomic E-state index is 0.0201. The summed E-state index contributed by atoms with van der Waals surface area (Å²) in [5.74, 6) is 0. The van der Waals surface area contributed by atoms with Crippen LogP contribution in [0.25, 0.3) is 11.0 Å². The maximum Gasteiger partial charge on any atom is 0.227 e. The van der Waals surface area contributed by atoms with Crippen molar-refractivity contribution in [2.75, 3.05) is 0 Å². The molecule has 3 rings (SSSR count). The Morgan fingerprint density at radius 2 is 1.95 bits per heavy atom. The van der Waals surface area contributed by atoms with Crippen LogP contribution in [0, 0.1) is 6.92 Å². The fraction of sp³-hybridized carbons (Fsp3) is 0.0667. The lowest BCUT2D eigenvalue weighted by Crippen LogP contribution is -1.93. The first-order valence-corrected chi connectivity index (χ1v) is 7.67. The first kappa shape index (κ1) is 13.4. The van der Waals surface area contributed by atoms with Gasteiger partial charge < -0.3 is 4.98 Å². The molecule has 0 fully saturated rings. The van der Waals surface area contributed by atoms with Gasteiger partial charge in [-0.25, -0.2) is 4.98 Å². The number of nitrogens with one attached hydrogen (secondary N) is 1. The molecule has 1 heterocycles. The SMILES string of the molecule is Cc1ccc2nc(SC(=O)c3ccc(Br)cc3)[nH]c2c1. The third kappa shape index (κ3) is 2.78. The minimum Gasteiger partial charge on any atom is -0.333 e. The lowest BCUT2D eigenvalue weighted by atomic mass is 10.2. The molecule has 2 aromatic carbocycles. The summed E-state index contributed by atoms with van der Waals surface area (Å²) in [6.45, 7) is 2.03. The molecule has 0 amide bonds. The van der Waals surface area contributed by atoms with E-state index in [1.54, 1.807) is 12.1 Å². The lowest BCUT2D eigenvalue weighted by Gasteiger charge is -1.98. The average molecular weight is 347 g/mol. The Bertz CT molecular complexity index is 780. The van der Waals surface area contributed by atoms with Crippen molar-refractivity contribution in [3.8, 4) is 0 Å². The van der Waals surface area contributed by atoms with Crippen LogP contribution in [-0.2, 0) is 0 Å². The zero-order chi connectivity index (χ0) is 14.1. The number of aromatic amines is 1. The van der Waals surface area contributed by atoms with Crippen molar-refractivity contribution in [2.24, 2.45) is 0 Å². The van der Waals surface area contributed by atoms with Gasteiger partial charge in [-0.3, -0.25) is 4.79 Å². The average Bonchev–Trinajstić information content (AvgIpc) is 2.80. The Labute approximate surface area is 128 Å². The van der Waals surface area contributed by atoms with Gasteiger partial charge in [-0.15, -0.1) is 0 Å². The van der Waals surface area contributed by atoms with Gasteiger partial charge in [-0.2, -0.15) is 0 Å². The monoisotopic (exact) mass is 346 g/mol. The van der Waals surface area contributed by atoms with Gasteiger partial charge in [0.15, 0.2) is 5.16 Å². The standard InChI is InChI=1S/C15H11BrN2OS/c1-9-2-7-12-13(8-9)18-15(17-12)20-14(19)10-3-5-11(16)6-4-10/h2-8H,1H3,(H,17,18). The maximum absolute atomic E-state index is 12.2. The molecule has 0 aliphatic heterocycles. The van der Waals surface area contributed by atoms with Gasteiger partial charge in [-0.1, -0.05) is 22.0 Å². The number of carbonyl (C=O) groups is 1. The highest BCUT2D eigenvalue weighted by molar-refractivity contribution is 9.10. The van der Waals surface area contributed by atoms with Crippen LogP contribution in [0.5, 0.6) is 0 Å². The van der Waals surface area contributed by atoms with Crippen LogP contribution in [-0.4, -0.2) is 15.1 Å². The Kier molecular flexibility index (Phi) is 3.63. The largest absolute Gasteiger partial charge is 0.333 e. The number of rotatable bonds is 2. The van der Waals surface area contributed by atoms with E-state index in [1.807, 2.05) is 37.3 Å². The van der Waals surface area contributed by atoms with E-state index in [1.165, 1.54) is 0 Å². The topological polar surface area (TPSA) is 45.8 Å². The molecule has 100 valence electrons. The minimum atomic E-state index is -0.0201. The summed E-state index contributed by atoms with van der Waals surface area (Å²) in [5, 5.41) is 0.604. The summed E-state index contributed by atoms with van der Waals surface area (Å²) in [6.07, 6.45) is 0. The molecule has 1 N–H and O–H groups in total. The Balaban J connectivity index is 1.85. The zero-order valence-electron chi connectivity index (χ0n) is 10.7. The number of fused-ring (bicyclic) bond motifs is 1. The van der Waals surface area contributed by atoms with Crippen molar-refractivity contribution < 1.29 is 4.79 Å². The summed E-state index contributed by atoms with van der Waals surface area (Å²) in [6, 6.07) is 13.3. The number of carbonyl (C=O) groups excluding carboxylic acids is 1. The van der Waals surface area contributed by atoms with Gasteiger partial charge in [0.05, 0.1) is 11.0 Å². The number of hydrogen-bond donors (Lipinski definition) is 1. The van der Waals surface area contributed by atoms with E-state index < -0.39 is 0 Å². The Morgan fingerprint density at radius 3 is 2.70 bits per heavy atom. The van der Waals surface area contributed by atoms with E-state index in [0.29, 0.717) is 10.7 Å². The molecule has 0 unspecified atom stereocenters. The number of nitrogens with zero attached hydrogens (tertiary/aromatic N) is 1. The predicted octanol–water partition coefficient (Wildman–Crippen LogP) is 4.57. The second-order valence-electron chi connectivity index (χ2n) is 4.46. The molecule has 0 spiro atoms. The maximum atomic E-state index is 12.2. The molecule has 1 aromatic heterocycles. The smallest absolute Gasteiger partial charge is 0.227 e. The third-order valence-electron chi connectivity index (χ3n) is 2.88. The summed E-state index contributed by atoms with van der Waals surface area (Å²) in [4.78, 5) is 19.7. The molecular weight excluding hydrogens is 336 g/mol. The van der Waals surface area contributed by atoms with Gasteiger partial charge in [0, 0.05) is 10.0 Å². The van der Waals surface area contributed by atoms with Crippen molar-refractivity contribution in [1.29, 1.82) is 0 Å². The van der Waals surface area contributed by atoms with Crippen LogP contribution in [0.2, 0.25) is 0 Å². The van der Waals surface area contributed by atoms with E-state index in [-0.39, 0.29) is 5.12 Å². The van der Waals surface area contributed by atoms with Crippen molar-refractivity contribution in [1.82, 2.24) is 9.97 Å². The number of H-pyrrole nitrogens is 1. The fourth-order valence-electron chi connectivity index (χ4n) is 1.88. The third-order valence-corrected chi connectivity index (χ3v) is 4.22. The quantitative estimate of drug-likeness (QED) is 0.691. The van der Waals surface area contributed by atoms with Crippen LogP contribution in [0.1, 0.15) is 15.9 Å². The van der Waals surface area contributed by atoms with Crippen LogP contribution in [0.15, 0.2) is 52.1 Å². The predicted molar refractivity (Wildman–Crippen MR) is 85.2 cm³/mol. The van der Waals surface area contributed by atoms with Gasteiger partial charge in [0.1, 0.15) is 0 Å². The van der Waals surface area contributed by atoms with Crippen LogP contribution < -0.4 is 0 Å². The summed E-state index contributed by atoms with van der Waals surface area (Å²) < 4.78 is 0.957. The molecule has 0 radical (unpaired) electrons. The summed E-state index contributed by atoms with van der Waals surface area (Å²) in [5.41, 5.74) is 3.66. The molecule has 20 heavy (non-hydrogen) atoms. The second kappa shape index (κ2) is 5.42. The first-order chi connectivity index (χ1) is 9.61. The molecular formula is C15H11BrN2OS. The van der Waals surface area contributed by atoms with Crippen molar-refractivity contribution in [3.05, 3.63) is 58.1 Å². The molecule has 0 saturated carbocycles. The number of aromatic nitrogens is 2. The van der Waals surface area contributed by atoms with Gasteiger partial charge in [0.25, 0.3) is 0 Å². The van der Waals surface area contributed by atoms with E-state index in [0.717, 1.165) is 32.8 Å². The van der Waals surface area contributed by atoms with E-state index in [2.05, 4.69) is 25.9 Å². The van der Waals surface area contributed by atoms with Crippen molar-refractivity contribution >= 4 is 43.8 Å². The van der Waals surface area contributed by atoms with Gasteiger partial charge in [0.2, 0.25) is 5.12 Å². The van der Waals surface area contributed by atoms with E-state index in [9.17, 15) is 4.79 Å². The fourth-order valence-corrected chi connectivity index (χ4v) is 2.88. The molecule has 0 saturated heterocycles. The van der Waals surface area contributed by atoms with Crippen LogP contribution in [0.3, 0.4) is 0 Å². The summed E-state index contributed by atoms with van der Waals surface area (Å²) >= 11 is 4.47. The molecule has 0 atom stereocenters. The molecule has 0 bridgehead atoms. The normalized spacial score (nSPS) is 10.9. The number of thioether (sulfide) groups is 1. The number of halogens is 1. The zero-order valence-corrected chi connectivity index (χ0v) is 13.1. The number of aryl methyl sites for hydroxylation is 1. The Hall–Kier alpha value is -1.59. The highest BCUT2D eigenvalue weighted by Gasteiger charge is 2.11. The number of benzene rings is 2. The molecule has 3 nitrogen and oxygen atoms in total. The van der Waals surface area contributed by atoms with E-state index in [4.69, 9.17) is 0 Å². The molecule has 5 heteroatoms. The second-order valence-corrected chi connectivity index (χ2v) is 6.34. The molecule has 0 aliphatic carbocycles. The lowest BCUT2D eigenvalue weighted by molar-refractivity contribution is 0.108. The number of hydrogen-bond acceptors (Lipinski definition) is 3. The highest BCUT2D eigenvalue weighted by Crippen LogP contribution is 2.24. The molecule has 3 aromatic rings. The van der Waals surface area contributed by atoms with Crippen LogP contribution >= 0.6 is 27.7 Å². The number of imidazole rings is 1. The van der Waals surface area contributed by atoms with Gasteiger partial charge >= 0.3 is 0 Å². The first-order valence-electron chi connectivity index (χ1n) is 6.06. The summed E-state index contributed by atoms with van der Waals surface area (Å²) in [7, 11) is 0. The Morgan fingerprint density at radius 1 is 1.20 bits per heavy atom. The van der Waals surface area contributed by atoms with Crippen LogP contribution in [0.4, 0.5) is 0 Å². The molecule has 0 aliphatic rings.